The second-order valence-electron chi connectivity index (χ2n) is 14.6. The molecule has 0 atom stereocenters. The molecule has 0 radical (unpaired) electrons. The van der Waals surface area contributed by atoms with Crippen LogP contribution in [0.3, 0.4) is 0 Å². The Hall–Kier alpha value is -6.39. The van der Waals surface area contributed by atoms with E-state index in [0.29, 0.717) is 30.3 Å². The van der Waals surface area contributed by atoms with Gasteiger partial charge in [-0.25, -0.2) is 0 Å². The molecule has 322 valence electrons. The number of para-hydroxylation sites is 2. The van der Waals surface area contributed by atoms with Crippen molar-refractivity contribution in [1.82, 2.24) is 20.0 Å². The standard InChI is InChI=1S/C23H28N4O3.C14H21N3O.C9H7NO3/c1-19-6-4-9-21(18-19)24-23(28)11-13-26-16-14-25(15-17-26)12-5-8-20-7-2-3-10-22(20)27(29)30;1-12-3-2-4-13(11-12)16-14(18)5-8-17-9-6-15-7-10-17;11-7-3-5-8-4-1-2-6-9(8)10(12)13/h2-10,18H,11-17H2,1H3,(H,24,28);2-4,11,15H,5-10H2,1H3,(H,16,18);1-7H/b8-5+;;5-3+. The summed E-state index contributed by atoms with van der Waals surface area (Å²) in [7, 11) is 0. The van der Waals surface area contributed by atoms with Gasteiger partial charge in [0, 0.05) is 108 Å². The van der Waals surface area contributed by atoms with Crippen LogP contribution in [0.1, 0.15) is 35.1 Å². The van der Waals surface area contributed by atoms with E-state index in [1.165, 1.54) is 24.3 Å². The van der Waals surface area contributed by atoms with Crippen molar-refractivity contribution in [2.45, 2.75) is 26.7 Å². The number of carbonyl (C=O) groups excluding carboxylic acids is 3. The molecule has 4 aromatic rings. The monoisotopic (exact) mass is 832 g/mol. The summed E-state index contributed by atoms with van der Waals surface area (Å²) in [6.07, 6.45) is 8.05. The first-order valence-corrected chi connectivity index (χ1v) is 20.4. The number of aldehydes is 1. The molecule has 4 aromatic carbocycles. The summed E-state index contributed by atoms with van der Waals surface area (Å²) in [6.45, 7) is 14.2. The third-order valence-corrected chi connectivity index (χ3v) is 9.87. The molecule has 15 nitrogen and oxygen atoms in total. The number of aryl methyl sites for hydroxylation is 2. The molecule has 0 unspecified atom stereocenters. The Morgan fingerprint density at radius 1 is 0.639 bits per heavy atom. The lowest BCUT2D eigenvalue weighted by atomic mass is 10.1. The van der Waals surface area contributed by atoms with Gasteiger partial charge in [-0.2, -0.15) is 0 Å². The molecule has 61 heavy (non-hydrogen) atoms. The molecule has 6 rings (SSSR count). The van der Waals surface area contributed by atoms with Crippen LogP contribution in [0.2, 0.25) is 0 Å². The highest BCUT2D eigenvalue weighted by molar-refractivity contribution is 5.91. The second kappa shape index (κ2) is 26.0. The molecule has 2 fully saturated rings. The van der Waals surface area contributed by atoms with Crippen LogP contribution in [-0.4, -0.2) is 115 Å². The van der Waals surface area contributed by atoms with Gasteiger partial charge in [-0.05, 0) is 73.5 Å². The van der Waals surface area contributed by atoms with Gasteiger partial charge in [0.2, 0.25) is 11.8 Å². The normalized spacial score (nSPS) is 14.6. The van der Waals surface area contributed by atoms with Crippen molar-refractivity contribution in [2.75, 3.05) is 82.6 Å². The lowest BCUT2D eigenvalue weighted by molar-refractivity contribution is -0.385. The molecular weight excluding hydrogens is 777 g/mol. The summed E-state index contributed by atoms with van der Waals surface area (Å²) in [6, 6.07) is 28.7. The number of nitrogens with one attached hydrogen (secondary N) is 3. The van der Waals surface area contributed by atoms with Crippen LogP contribution >= 0.6 is 0 Å². The van der Waals surface area contributed by atoms with E-state index in [2.05, 4.69) is 30.7 Å². The quantitative estimate of drug-likeness (QED) is 0.0508. The number of allylic oxidation sites excluding steroid dienone is 1. The number of nitro benzene ring substituents is 2. The van der Waals surface area contributed by atoms with Crippen LogP contribution in [-0.2, 0) is 14.4 Å². The summed E-state index contributed by atoms with van der Waals surface area (Å²) in [4.78, 5) is 61.6. The Morgan fingerprint density at radius 3 is 1.57 bits per heavy atom. The highest BCUT2D eigenvalue weighted by Gasteiger charge is 2.17. The smallest absolute Gasteiger partial charge is 0.276 e. The van der Waals surface area contributed by atoms with Crippen molar-refractivity contribution >= 4 is 53.0 Å². The first-order valence-electron chi connectivity index (χ1n) is 20.4. The fourth-order valence-electron chi connectivity index (χ4n) is 6.60. The number of hydrogen-bond donors (Lipinski definition) is 3. The zero-order valence-electron chi connectivity index (χ0n) is 34.9. The van der Waals surface area contributed by atoms with Crippen LogP contribution in [0, 0.1) is 34.1 Å². The van der Waals surface area contributed by atoms with E-state index in [-0.39, 0.29) is 28.1 Å². The summed E-state index contributed by atoms with van der Waals surface area (Å²) in [5.74, 6) is 0.134. The number of hydrogen-bond acceptors (Lipinski definition) is 11. The molecule has 0 bridgehead atoms. The minimum absolute atomic E-state index is 0.000556. The van der Waals surface area contributed by atoms with E-state index in [1.54, 1.807) is 36.4 Å². The maximum atomic E-state index is 12.2. The molecular formula is C46H56N8O7. The fourth-order valence-corrected chi connectivity index (χ4v) is 6.60. The molecule has 2 heterocycles. The predicted molar refractivity (Wildman–Crippen MR) is 241 cm³/mol. The number of benzene rings is 4. The summed E-state index contributed by atoms with van der Waals surface area (Å²) < 4.78 is 0. The first kappa shape index (κ1) is 47.3. The number of amides is 2. The SMILES string of the molecule is Cc1cccc(NC(=O)CCN2CCN(C/C=C/c3ccccc3[N+](=O)[O-])CC2)c1.Cc1cccc(NC(=O)CCN2CCNCC2)c1.O=C/C=C/c1ccccc1[N+](=O)[O-]. The van der Waals surface area contributed by atoms with Gasteiger partial charge in [0.05, 0.1) is 21.0 Å². The van der Waals surface area contributed by atoms with E-state index in [9.17, 15) is 34.6 Å². The highest BCUT2D eigenvalue weighted by atomic mass is 16.6. The van der Waals surface area contributed by atoms with Gasteiger partial charge in [0.15, 0.2) is 0 Å². The van der Waals surface area contributed by atoms with Crippen molar-refractivity contribution in [1.29, 1.82) is 0 Å². The topological polar surface area (TPSA) is 183 Å². The number of nitro groups is 2. The Balaban J connectivity index is 0.000000223. The number of anilines is 2. The average molecular weight is 833 g/mol. The summed E-state index contributed by atoms with van der Waals surface area (Å²) in [5, 5.41) is 30.7. The average Bonchev–Trinajstić information content (AvgIpc) is 3.26. The molecule has 2 aliphatic rings. The Bertz CT molecular complexity index is 2110. The third-order valence-electron chi connectivity index (χ3n) is 9.87. The minimum atomic E-state index is -0.482. The maximum absolute atomic E-state index is 12.2. The number of nitrogens with zero attached hydrogens (tertiary/aromatic N) is 5. The van der Waals surface area contributed by atoms with Crippen LogP contribution in [0.15, 0.2) is 109 Å². The molecule has 2 saturated heterocycles. The molecule has 3 N–H and O–H groups in total. The molecule has 2 aliphatic heterocycles. The van der Waals surface area contributed by atoms with E-state index < -0.39 is 4.92 Å². The Morgan fingerprint density at radius 2 is 1.10 bits per heavy atom. The lowest BCUT2D eigenvalue weighted by Crippen LogP contribution is -2.46. The van der Waals surface area contributed by atoms with Crippen molar-refractivity contribution in [3.8, 4) is 0 Å². The molecule has 0 aliphatic carbocycles. The van der Waals surface area contributed by atoms with Crippen molar-refractivity contribution < 1.29 is 24.2 Å². The number of carbonyl (C=O) groups is 3. The van der Waals surface area contributed by atoms with Gasteiger partial charge in [-0.1, -0.05) is 60.7 Å². The van der Waals surface area contributed by atoms with Gasteiger partial charge in [-0.15, -0.1) is 0 Å². The zero-order valence-corrected chi connectivity index (χ0v) is 34.9. The van der Waals surface area contributed by atoms with Crippen LogP contribution < -0.4 is 16.0 Å². The fraction of sp³-hybridized carbons (Fsp3) is 0.326. The first-order chi connectivity index (χ1) is 29.5. The largest absolute Gasteiger partial charge is 0.326 e. The van der Waals surface area contributed by atoms with Crippen molar-refractivity contribution in [2.24, 2.45) is 0 Å². The lowest BCUT2D eigenvalue weighted by Gasteiger charge is -2.34. The van der Waals surface area contributed by atoms with Crippen molar-refractivity contribution in [3.63, 3.8) is 0 Å². The van der Waals surface area contributed by atoms with Gasteiger partial charge in [0.25, 0.3) is 11.4 Å². The number of piperazine rings is 2. The molecule has 15 heteroatoms. The summed E-state index contributed by atoms with van der Waals surface area (Å²) >= 11 is 0. The minimum Gasteiger partial charge on any atom is -0.326 e. The summed E-state index contributed by atoms with van der Waals surface area (Å²) in [5.41, 5.74) is 5.20. The van der Waals surface area contributed by atoms with E-state index in [4.69, 9.17) is 0 Å². The Kier molecular flexibility index (Phi) is 20.1. The van der Waals surface area contributed by atoms with Gasteiger partial charge >= 0.3 is 0 Å². The predicted octanol–water partition coefficient (Wildman–Crippen LogP) is 6.60. The van der Waals surface area contributed by atoms with Crippen LogP contribution in [0.5, 0.6) is 0 Å². The Labute approximate surface area is 357 Å². The van der Waals surface area contributed by atoms with E-state index >= 15 is 0 Å². The van der Waals surface area contributed by atoms with E-state index in [0.717, 1.165) is 94.5 Å². The molecule has 0 saturated carbocycles. The molecule has 0 aromatic heterocycles. The zero-order chi connectivity index (χ0) is 43.8. The van der Waals surface area contributed by atoms with Crippen molar-refractivity contribution in [3.05, 3.63) is 152 Å². The molecule has 0 spiro atoms. The van der Waals surface area contributed by atoms with Gasteiger partial charge in [-0.3, -0.25) is 39.5 Å². The van der Waals surface area contributed by atoms with Gasteiger partial charge in [0.1, 0.15) is 6.29 Å². The maximum Gasteiger partial charge on any atom is 0.276 e. The third kappa shape index (κ3) is 17.8. The van der Waals surface area contributed by atoms with Crippen LogP contribution in [0.25, 0.3) is 12.2 Å². The molecule has 2 amide bonds. The number of rotatable bonds is 15. The van der Waals surface area contributed by atoms with Crippen LogP contribution in [0.4, 0.5) is 22.7 Å². The highest BCUT2D eigenvalue weighted by Crippen LogP contribution is 2.20. The second-order valence-corrected chi connectivity index (χ2v) is 14.6. The van der Waals surface area contributed by atoms with Gasteiger partial charge < -0.3 is 25.8 Å². The van der Waals surface area contributed by atoms with E-state index in [1.807, 2.05) is 74.5 Å².